The molecule has 1 amide bonds. The summed E-state index contributed by atoms with van der Waals surface area (Å²) >= 11 is 4.57. The maximum atomic E-state index is 12.0. The van der Waals surface area contributed by atoms with Gasteiger partial charge in [-0.05, 0) is 31.2 Å². The molecule has 0 radical (unpaired) electrons. The molecule has 118 valence electrons. The van der Waals surface area contributed by atoms with Crippen molar-refractivity contribution in [3.63, 3.8) is 0 Å². The maximum Gasteiger partial charge on any atom is 0.240 e. The zero-order valence-electron chi connectivity index (χ0n) is 11.7. The number of amides is 1. The number of anilines is 1. The van der Waals surface area contributed by atoms with Crippen LogP contribution in [-0.2, 0) is 14.8 Å². The number of sulfonamides is 1. The average molecular weight is 404 g/mol. The lowest BCUT2D eigenvalue weighted by Crippen LogP contribution is -2.27. The minimum atomic E-state index is -3.61. The summed E-state index contributed by atoms with van der Waals surface area (Å²) in [5, 5.41) is 4.96. The van der Waals surface area contributed by atoms with Crippen LogP contribution in [0.4, 0.5) is 5.13 Å². The molecule has 0 aliphatic rings. The summed E-state index contributed by atoms with van der Waals surface area (Å²) in [6, 6.07) is 6.27. The Bertz CT molecular complexity index is 757. The number of carbonyl (C=O) groups is 1. The van der Waals surface area contributed by atoms with Crippen LogP contribution < -0.4 is 10.0 Å². The van der Waals surface area contributed by atoms with Crippen LogP contribution >= 0.6 is 27.3 Å². The minimum Gasteiger partial charge on any atom is -0.302 e. The van der Waals surface area contributed by atoms with Crippen LogP contribution in [0.15, 0.2) is 39.0 Å². The fraction of sp³-hybridized carbons (Fsp3) is 0.231. The lowest BCUT2D eigenvalue weighted by Gasteiger charge is -2.06. The molecule has 1 aromatic heterocycles. The van der Waals surface area contributed by atoms with Crippen molar-refractivity contribution >= 4 is 48.3 Å². The van der Waals surface area contributed by atoms with Crippen molar-refractivity contribution in [3.8, 4) is 0 Å². The van der Waals surface area contributed by atoms with Crippen molar-refractivity contribution in [2.24, 2.45) is 0 Å². The number of halogens is 1. The first-order valence-corrected chi connectivity index (χ1v) is 9.49. The Morgan fingerprint density at radius 1 is 1.32 bits per heavy atom. The quantitative estimate of drug-likeness (QED) is 0.775. The molecule has 0 aliphatic carbocycles. The van der Waals surface area contributed by atoms with E-state index in [1.807, 2.05) is 12.3 Å². The minimum absolute atomic E-state index is 0.0224. The van der Waals surface area contributed by atoms with Crippen LogP contribution in [0.2, 0.25) is 0 Å². The number of hydrogen-bond donors (Lipinski definition) is 2. The second-order valence-corrected chi connectivity index (χ2v) is 7.98. The first-order valence-electron chi connectivity index (χ1n) is 6.34. The van der Waals surface area contributed by atoms with E-state index in [4.69, 9.17) is 0 Å². The van der Waals surface area contributed by atoms with Crippen molar-refractivity contribution in [1.82, 2.24) is 9.71 Å². The number of aromatic nitrogens is 1. The number of hydrogen-bond acceptors (Lipinski definition) is 5. The topological polar surface area (TPSA) is 88.2 Å². The predicted molar refractivity (Wildman–Crippen MR) is 89.4 cm³/mol. The van der Waals surface area contributed by atoms with Crippen molar-refractivity contribution < 1.29 is 13.2 Å². The van der Waals surface area contributed by atoms with Gasteiger partial charge in [0.2, 0.25) is 15.9 Å². The predicted octanol–water partition coefficient (Wildman–Crippen LogP) is 2.52. The Labute approximate surface area is 141 Å². The SMILES string of the molecule is Cc1csc(NC(=O)CCNS(=O)(=O)c2ccc(Br)cc2)n1. The number of thiazole rings is 1. The van der Waals surface area contributed by atoms with E-state index in [2.05, 4.69) is 31.0 Å². The molecule has 0 unspecified atom stereocenters. The first-order chi connectivity index (χ1) is 10.4. The van der Waals surface area contributed by atoms with E-state index in [1.54, 1.807) is 12.1 Å². The molecular weight excluding hydrogens is 390 g/mol. The largest absolute Gasteiger partial charge is 0.302 e. The smallest absolute Gasteiger partial charge is 0.240 e. The molecule has 2 N–H and O–H groups in total. The zero-order chi connectivity index (χ0) is 16.2. The highest BCUT2D eigenvalue weighted by molar-refractivity contribution is 9.10. The van der Waals surface area contributed by atoms with E-state index in [0.29, 0.717) is 5.13 Å². The Hall–Kier alpha value is -1.29. The molecule has 0 bridgehead atoms. The van der Waals surface area contributed by atoms with E-state index in [9.17, 15) is 13.2 Å². The summed E-state index contributed by atoms with van der Waals surface area (Å²) in [6.45, 7) is 1.85. The summed E-state index contributed by atoms with van der Waals surface area (Å²) < 4.78 is 27.2. The van der Waals surface area contributed by atoms with E-state index < -0.39 is 10.0 Å². The molecule has 0 saturated carbocycles. The lowest BCUT2D eigenvalue weighted by molar-refractivity contribution is -0.116. The van der Waals surface area contributed by atoms with E-state index in [1.165, 1.54) is 23.5 Å². The molecule has 2 rings (SSSR count). The number of benzene rings is 1. The molecule has 0 atom stereocenters. The van der Waals surface area contributed by atoms with Gasteiger partial charge in [0.15, 0.2) is 5.13 Å². The van der Waals surface area contributed by atoms with E-state index in [-0.39, 0.29) is 23.8 Å². The average Bonchev–Trinajstić information content (AvgIpc) is 2.84. The van der Waals surface area contributed by atoms with Crippen LogP contribution in [0.3, 0.4) is 0 Å². The van der Waals surface area contributed by atoms with E-state index >= 15 is 0 Å². The number of nitrogens with one attached hydrogen (secondary N) is 2. The van der Waals surface area contributed by atoms with Gasteiger partial charge in [-0.1, -0.05) is 15.9 Å². The van der Waals surface area contributed by atoms with Gasteiger partial charge < -0.3 is 5.32 Å². The molecule has 0 spiro atoms. The fourth-order valence-corrected chi connectivity index (χ4v) is 3.59. The van der Waals surface area contributed by atoms with Crippen molar-refractivity contribution in [3.05, 3.63) is 39.8 Å². The number of rotatable bonds is 6. The monoisotopic (exact) mass is 403 g/mol. The zero-order valence-corrected chi connectivity index (χ0v) is 14.9. The standard InChI is InChI=1S/C13H14BrN3O3S2/c1-9-8-21-13(16-9)17-12(18)6-7-15-22(19,20)11-4-2-10(14)3-5-11/h2-5,8,15H,6-7H2,1H3,(H,16,17,18). The molecule has 9 heteroatoms. The molecule has 1 heterocycles. The molecule has 0 saturated heterocycles. The number of nitrogens with zero attached hydrogens (tertiary/aromatic N) is 1. The third-order valence-electron chi connectivity index (χ3n) is 2.63. The van der Waals surface area contributed by atoms with E-state index in [0.717, 1.165) is 10.2 Å². The third-order valence-corrected chi connectivity index (χ3v) is 5.51. The highest BCUT2D eigenvalue weighted by Crippen LogP contribution is 2.15. The molecule has 0 fully saturated rings. The van der Waals surface area contributed by atoms with Crippen molar-refractivity contribution in [2.75, 3.05) is 11.9 Å². The van der Waals surface area contributed by atoms with Gasteiger partial charge in [0.05, 0.1) is 10.6 Å². The van der Waals surface area contributed by atoms with Gasteiger partial charge in [0, 0.05) is 22.8 Å². The van der Waals surface area contributed by atoms with Gasteiger partial charge in [0.25, 0.3) is 0 Å². The normalized spacial score (nSPS) is 11.4. The van der Waals surface area contributed by atoms with Crippen LogP contribution in [-0.4, -0.2) is 25.9 Å². The molecular formula is C13H14BrN3O3S2. The van der Waals surface area contributed by atoms with Gasteiger partial charge in [-0.15, -0.1) is 11.3 Å². The number of aryl methyl sites for hydroxylation is 1. The Morgan fingerprint density at radius 2 is 2.00 bits per heavy atom. The summed E-state index contributed by atoms with van der Waals surface area (Å²) in [5.74, 6) is -0.284. The van der Waals surface area contributed by atoms with Crippen LogP contribution in [0.25, 0.3) is 0 Å². The molecule has 22 heavy (non-hydrogen) atoms. The van der Waals surface area contributed by atoms with Crippen molar-refractivity contribution in [2.45, 2.75) is 18.2 Å². The molecule has 2 aromatic rings. The van der Waals surface area contributed by atoms with Crippen molar-refractivity contribution in [1.29, 1.82) is 0 Å². The molecule has 1 aromatic carbocycles. The van der Waals surface area contributed by atoms with Crippen LogP contribution in [0.1, 0.15) is 12.1 Å². The second-order valence-electron chi connectivity index (χ2n) is 4.44. The molecule has 6 nitrogen and oxygen atoms in total. The Kier molecular flexibility index (Phi) is 5.68. The summed E-state index contributed by atoms with van der Waals surface area (Å²) in [5.41, 5.74) is 0.830. The fourth-order valence-electron chi connectivity index (χ4n) is 1.59. The molecule has 0 aliphatic heterocycles. The second kappa shape index (κ2) is 7.32. The Balaban J connectivity index is 1.84. The number of carbonyl (C=O) groups excluding carboxylic acids is 1. The van der Waals surface area contributed by atoms with Crippen LogP contribution in [0, 0.1) is 6.92 Å². The summed E-state index contributed by atoms with van der Waals surface area (Å²) in [7, 11) is -3.61. The highest BCUT2D eigenvalue weighted by atomic mass is 79.9. The van der Waals surface area contributed by atoms with Gasteiger partial charge >= 0.3 is 0 Å². The maximum absolute atomic E-state index is 12.0. The third kappa shape index (κ3) is 4.87. The van der Waals surface area contributed by atoms with Gasteiger partial charge in [-0.25, -0.2) is 18.1 Å². The highest BCUT2D eigenvalue weighted by Gasteiger charge is 2.14. The Morgan fingerprint density at radius 3 is 2.59 bits per heavy atom. The van der Waals surface area contributed by atoms with Crippen LogP contribution in [0.5, 0.6) is 0 Å². The van der Waals surface area contributed by atoms with Gasteiger partial charge in [0.1, 0.15) is 0 Å². The summed E-state index contributed by atoms with van der Waals surface area (Å²) in [6.07, 6.45) is 0.0361. The lowest BCUT2D eigenvalue weighted by atomic mass is 10.4. The van der Waals surface area contributed by atoms with Gasteiger partial charge in [-0.3, -0.25) is 4.79 Å². The van der Waals surface area contributed by atoms with Gasteiger partial charge in [-0.2, -0.15) is 0 Å². The summed E-state index contributed by atoms with van der Waals surface area (Å²) in [4.78, 5) is 16.0. The first kappa shape index (κ1) is 17.1.